The van der Waals surface area contributed by atoms with Gasteiger partial charge in [0.2, 0.25) is 5.13 Å². The topological polar surface area (TPSA) is 81.6 Å². The Morgan fingerprint density at radius 1 is 1.18 bits per heavy atom. The summed E-state index contributed by atoms with van der Waals surface area (Å²) in [4.78, 5) is 4.12. The number of hydrogen-bond donors (Lipinski definition) is 0. The van der Waals surface area contributed by atoms with E-state index in [1.807, 2.05) is 0 Å². The van der Waals surface area contributed by atoms with Crippen molar-refractivity contribution in [2.45, 2.75) is 11.4 Å². The van der Waals surface area contributed by atoms with Crippen LogP contribution in [0, 0.1) is 0 Å². The summed E-state index contributed by atoms with van der Waals surface area (Å²) in [7, 11) is -0.897. The van der Waals surface area contributed by atoms with Gasteiger partial charge in [-0.25, -0.2) is 17.7 Å². The molecule has 0 radical (unpaired) electrons. The van der Waals surface area contributed by atoms with Crippen LogP contribution in [-0.4, -0.2) is 32.0 Å². The van der Waals surface area contributed by atoms with Gasteiger partial charge in [-0.1, -0.05) is 11.6 Å². The average molecular weight is 505 g/mol. The molecule has 28 heavy (non-hydrogen) atoms. The Bertz CT molecular complexity index is 1080. The maximum absolute atomic E-state index is 13.3. The van der Waals surface area contributed by atoms with E-state index in [0.717, 1.165) is 11.5 Å². The molecule has 2 aromatic carbocycles. The number of halogens is 2. The molecule has 0 aliphatic heterocycles. The van der Waals surface area contributed by atoms with Crippen molar-refractivity contribution >= 4 is 54.2 Å². The van der Waals surface area contributed by atoms with E-state index in [1.165, 1.54) is 29.9 Å². The molecule has 0 unspecified atom stereocenters. The van der Waals surface area contributed by atoms with Crippen molar-refractivity contribution in [3.05, 3.63) is 57.8 Å². The van der Waals surface area contributed by atoms with Crippen LogP contribution in [-0.2, 0) is 16.6 Å². The Morgan fingerprint density at radius 2 is 1.96 bits per heavy atom. The first kappa shape index (κ1) is 20.8. The first-order valence-corrected chi connectivity index (χ1v) is 11.2. The van der Waals surface area contributed by atoms with Crippen LogP contribution in [0.1, 0.15) is 5.56 Å². The normalized spacial score (nSPS) is 11.3. The van der Waals surface area contributed by atoms with Gasteiger partial charge >= 0.3 is 0 Å². The van der Waals surface area contributed by atoms with Gasteiger partial charge in [-0.3, -0.25) is 0 Å². The lowest BCUT2D eigenvalue weighted by atomic mass is 10.2. The first-order chi connectivity index (χ1) is 13.4. The lowest BCUT2D eigenvalue weighted by Crippen LogP contribution is -2.30. The lowest BCUT2D eigenvalue weighted by Gasteiger charge is -2.23. The number of benzene rings is 2. The number of ether oxygens (including phenoxy) is 2. The summed E-state index contributed by atoms with van der Waals surface area (Å²) in [6.45, 7) is -0.00161. The number of hydrogen-bond acceptors (Lipinski definition) is 7. The van der Waals surface area contributed by atoms with Gasteiger partial charge in [-0.15, -0.1) is 0 Å². The summed E-state index contributed by atoms with van der Waals surface area (Å²) < 4.78 is 43.0. The van der Waals surface area contributed by atoms with Crippen LogP contribution in [0.5, 0.6) is 11.5 Å². The Kier molecular flexibility index (Phi) is 6.43. The van der Waals surface area contributed by atoms with Crippen molar-refractivity contribution in [1.29, 1.82) is 0 Å². The van der Waals surface area contributed by atoms with E-state index in [1.54, 1.807) is 31.4 Å². The van der Waals surface area contributed by atoms with E-state index in [4.69, 9.17) is 21.1 Å². The van der Waals surface area contributed by atoms with E-state index in [0.29, 0.717) is 26.6 Å². The van der Waals surface area contributed by atoms with Crippen molar-refractivity contribution in [2.24, 2.45) is 0 Å². The monoisotopic (exact) mass is 503 g/mol. The second-order valence-corrected chi connectivity index (χ2v) is 9.37. The minimum Gasteiger partial charge on any atom is -0.497 e. The second-order valence-electron chi connectivity index (χ2n) is 5.49. The molecule has 0 atom stereocenters. The maximum Gasteiger partial charge on any atom is 0.266 e. The van der Waals surface area contributed by atoms with Gasteiger partial charge in [0, 0.05) is 27.6 Å². The molecule has 7 nitrogen and oxygen atoms in total. The molecule has 0 amide bonds. The predicted molar refractivity (Wildman–Crippen MR) is 112 cm³/mol. The van der Waals surface area contributed by atoms with Crippen LogP contribution in [0.2, 0.25) is 5.02 Å². The molecular formula is C17H15BrClN3O4S2. The van der Waals surface area contributed by atoms with E-state index in [2.05, 4.69) is 25.3 Å². The fourth-order valence-corrected chi connectivity index (χ4v) is 5.08. The number of aromatic nitrogens is 2. The zero-order chi connectivity index (χ0) is 20.3. The highest BCUT2D eigenvalue weighted by atomic mass is 79.9. The standard InChI is InChI=1S/C17H15BrClN3O4S2/c1-25-12-4-3-11(16(7-12)26-2)9-22(17-20-10-21-27-17)28(23,24)13-5-6-14(18)15(19)8-13/h3-8,10H,9H2,1-2H3. The zero-order valence-corrected chi connectivity index (χ0v) is 18.8. The molecule has 148 valence electrons. The molecule has 1 heterocycles. The average Bonchev–Trinajstić information content (AvgIpc) is 3.22. The van der Waals surface area contributed by atoms with E-state index >= 15 is 0 Å². The van der Waals surface area contributed by atoms with Gasteiger partial charge in [0.05, 0.1) is 30.7 Å². The van der Waals surface area contributed by atoms with Crippen LogP contribution >= 0.6 is 39.1 Å². The van der Waals surface area contributed by atoms with Gasteiger partial charge in [0.15, 0.2) is 0 Å². The number of rotatable bonds is 7. The summed E-state index contributed by atoms with van der Waals surface area (Å²) in [5, 5.41) is 0.525. The highest BCUT2D eigenvalue weighted by Gasteiger charge is 2.29. The minimum absolute atomic E-state index is 0.00161. The molecule has 0 aliphatic rings. The quantitative estimate of drug-likeness (QED) is 0.475. The first-order valence-electron chi connectivity index (χ1n) is 7.82. The highest BCUT2D eigenvalue weighted by Crippen LogP contribution is 2.33. The molecule has 3 rings (SSSR count). The molecule has 0 saturated carbocycles. The molecule has 0 aliphatic carbocycles. The van der Waals surface area contributed by atoms with Crippen molar-refractivity contribution in [3.63, 3.8) is 0 Å². The van der Waals surface area contributed by atoms with Crippen molar-refractivity contribution in [1.82, 2.24) is 9.36 Å². The molecule has 0 saturated heterocycles. The van der Waals surface area contributed by atoms with Gasteiger partial charge in [-0.05, 0) is 46.3 Å². The molecule has 11 heteroatoms. The Labute approximate surface area is 180 Å². The molecule has 0 N–H and O–H groups in total. The smallest absolute Gasteiger partial charge is 0.266 e. The number of methoxy groups -OCH3 is 2. The van der Waals surface area contributed by atoms with Gasteiger partial charge < -0.3 is 9.47 Å². The summed E-state index contributed by atoms with van der Waals surface area (Å²) in [5.41, 5.74) is 0.644. The zero-order valence-electron chi connectivity index (χ0n) is 14.8. The van der Waals surface area contributed by atoms with Crippen LogP contribution in [0.3, 0.4) is 0 Å². The molecule has 0 fully saturated rings. The summed E-state index contributed by atoms with van der Waals surface area (Å²) in [6.07, 6.45) is 1.31. The number of nitrogens with zero attached hydrogens (tertiary/aromatic N) is 3. The third-order valence-corrected chi connectivity index (χ3v) is 7.62. The lowest BCUT2D eigenvalue weighted by molar-refractivity contribution is 0.391. The van der Waals surface area contributed by atoms with Gasteiger partial charge in [0.25, 0.3) is 10.0 Å². The largest absolute Gasteiger partial charge is 0.497 e. The molecule has 0 spiro atoms. The van der Waals surface area contributed by atoms with Crippen LogP contribution in [0.25, 0.3) is 0 Å². The van der Waals surface area contributed by atoms with Gasteiger partial charge in [0.1, 0.15) is 17.8 Å². The Balaban J connectivity index is 2.07. The van der Waals surface area contributed by atoms with Crippen LogP contribution < -0.4 is 13.8 Å². The summed E-state index contributed by atoms with van der Waals surface area (Å²) in [5.74, 6) is 1.10. The third-order valence-electron chi connectivity index (χ3n) is 3.85. The van der Waals surface area contributed by atoms with Crippen LogP contribution in [0.4, 0.5) is 5.13 Å². The summed E-state index contributed by atoms with van der Waals surface area (Å²) >= 11 is 10.3. The fourth-order valence-electron chi connectivity index (χ4n) is 2.43. The van der Waals surface area contributed by atoms with Gasteiger partial charge in [-0.2, -0.15) is 4.37 Å². The molecule has 0 bridgehead atoms. The van der Waals surface area contributed by atoms with E-state index < -0.39 is 10.0 Å². The predicted octanol–water partition coefficient (Wildman–Crippen LogP) is 4.37. The third kappa shape index (κ3) is 4.24. The summed E-state index contributed by atoms with van der Waals surface area (Å²) in [6, 6.07) is 9.62. The minimum atomic E-state index is -3.95. The van der Waals surface area contributed by atoms with Crippen LogP contribution in [0.15, 0.2) is 52.1 Å². The van der Waals surface area contributed by atoms with E-state index in [9.17, 15) is 8.42 Å². The SMILES string of the molecule is COc1ccc(CN(c2ncns2)S(=O)(=O)c2ccc(Br)c(Cl)c2)c(OC)c1. The number of anilines is 1. The Morgan fingerprint density at radius 3 is 2.57 bits per heavy atom. The highest BCUT2D eigenvalue weighted by molar-refractivity contribution is 9.10. The molecule has 1 aromatic heterocycles. The Hall–Kier alpha value is -1.88. The van der Waals surface area contributed by atoms with Crippen molar-refractivity contribution in [3.8, 4) is 11.5 Å². The van der Waals surface area contributed by atoms with Crippen molar-refractivity contribution in [2.75, 3.05) is 18.5 Å². The fraction of sp³-hybridized carbons (Fsp3) is 0.176. The number of sulfonamides is 1. The maximum atomic E-state index is 13.3. The second kappa shape index (κ2) is 8.64. The van der Waals surface area contributed by atoms with E-state index in [-0.39, 0.29) is 16.6 Å². The molecule has 3 aromatic rings. The van der Waals surface area contributed by atoms with Crippen molar-refractivity contribution < 1.29 is 17.9 Å². The molecular weight excluding hydrogens is 490 g/mol.